The number of benzene rings is 1. The summed E-state index contributed by atoms with van der Waals surface area (Å²) in [6.45, 7) is 0.672. The lowest BCUT2D eigenvalue weighted by Crippen LogP contribution is -2.39. The van der Waals surface area contributed by atoms with E-state index in [4.69, 9.17) is 27.6 Å². The van der Waals surface area contributed by atoms with E-state index in [0.717, 1.165) is 12.0 Å². The summed E-state index contributed by atoms with van der Waals surface area (Å²) in [5, 5.41) is 10.3. The minimum Gasteiger partial charge on any atom is -0.480 e. The monoisotopic (exact) mass is 339 g/mol. The highest BCUT2D eigenvalue weighted by molar-refractivity contribution is 6.42. The zero-order chi connectivity index (χ0) is 15.7. The van der Waals surface area contributed by atoms with Crippen LogP contribution in [0.25, 0.3) is 0 Å². The van der Waals surface area contributed by atoms with Crippen molar-refractivity contribution in [2.24, 2.45) is 0 Å². The zero-order valence-electron chi connectivity index (χ0n) is 11.7. The Hall–Kier alpha value is -1.49. The standard InChI is InChI=1S/C16H15Cl2NO3/c17-11-5-1-4-10(14(11)18)15(13-7-3-9-22-13)19-8-2-6-12(19)16(20)21/h1,3-5,7,9,12,15H,2,6,8H2,(H,20,21). The Bertz CT molecular complexity index is 672. The van der Waals surface area contributed by atoms with Crippen LogP contribution in [0.15, 0.2) is 41.0 Å². The molecule has 0 amide bonds. The highest BCUT2D eigenvalue weighted by atomic mass is 35.5. The van der Waals surface area contributed by atoms with Crippen molar-refractivity contribution in [1.82, 2.24) is 4.90 Å². The van der Waals surface area contributed by atoms with Gasteiger partial charge in [-0.15, -0.1) is 0 Å². The zero-order valence-corrected chi connectivity index (χ0v) is 13.2. The highest BCUT2D eigenvalue weighted by Crippen LogP contribution is 2.40. The summed E-state index contributed by atoms with van der Waals surface area (Å²) < 4.78 is 5.55. The molecule has 0 spiro atoms. The first-order valence-electron chi connectivity index (χ1n) is 7.05. The molecule has 1 fully saturated rings. The van der Waals surface area contributed by atoms with Crippen LogP contribution >= 0.6 is 23.2 Å². The maximum atomic E-state index is 11.5. The normalized spacial score (nSPS) is 20.2. The highest BCUT2D eigenvalue weighted by Gasteiger charge is 2.38. The molecule has 1 aliphatic rings. The lowest BCUT2D eigenvalue weighted by atomic mass is 10.0. The number of carboxylic acid groups (broad SMARTS) is 1. The smallest absolute Gasteiger partial charge is 0.320 e. The molecule has 0 saturated carbocycles. The van der Waals surface area contributed by atoms with Crippen molar-refractivity contribution in [3.8, 4) is 0 Å². The number of hydrogen-bond acceptors (Lipinski definition) is 3. The molecular weight excluding hydrogens is 325 g/mol. The first-order chi connectivity index (χ1) is 10.6. The van der Waals surface area contributed by atoms with E-state index in [9.17, 15) is 9.90 Å². The summed E-state index contributed by atoms with van der Waals surface area (Å²) in [4.78, 5) is 13.5. The van der Waals surface area contributed by atoms with Gasteiger partial charge in [0.25, 0.3) is 0 Å². The Morgan fingerprint density at radius 2 is 2.14 bits per heavy atom. The van der Waals surface area contributed by atoms with Crippen molar-refractivity contribution >= 4 is 29.2 Å². The fraction of sp³-hybridized carbons (Fsp3) is 0.312. The van der Waals surface area contributed by atoms with Gasteiger partial charge in [-0.2, -0.15) is 0 Å². The third-order valence-corrected chi connectivity index (χ3v) is 4.83. The van der Waals surface area contributed by atoms with Crippen molar-refractivity contribution in [2.45, 2.75) is 24.9 Å². The summed E-state index contributed by atoms with van der Waals surface area (Å²) in [7, 11) is 0. The van der Waals surface area contributed by atoms with Gasteiger partial charge in [-0.05, 0) is 36.6 Å². The number of nitrogens with zero attached hydrogens (tertiary/aromatic N) is 1. The molecule has 116 valence electrons. The number of halogens is 2. The molecule has 2 heterocycles. The first kappa shape index (κ1) is 15.4. The molecule has 22 heavy (non-hydrogen) atoms. The largest absolute Gasteiger partial charge is 0.480 e. The molecular formula is C16H15Cl2NO3. The summed E-state index contributed by atoms with van der Waals surface area (Å²) in [5.74, 6) is -0.162. The Morgan fingerprint density at radius 1 is 1.32 bits per heavy atom. The summed E-state index contributed by atoms with van der Waals surface area (Å²) in [6, 6.07) is 8.09. The lowest BCUT2D eigenvalue weighted by molar-refractivity contribution is -0.142. The van der Waals surface area contributed by atoms with Crippen LogP contribution in [0.5, 0.6) is 0 Å². The van der Waals surface area contributed by atoms with Crippen molar-refractivity contribution < 1.29 is 14.3 Å². The fourth-order valence-electron chi connectivity index (χ4n) is 3.04. The lowest BCUT2D eigenvalue weighted by Gasteiger charge is -2.30. The van der Waals surface area contributed by atoms with Crippen LogP contribution in [-0.4, -0.2) is 28.6 Å². The van der Waals surface area contributed by atoms with E-state index in [1.54, 1.807) is 18.4 Å². The van der Waals surface area contributed by atoms with Crippen LogP contribution in [-0.2, 0) is 4.79 Å². The summed E-state index contributed by atoms with van der Waals surface area (Å²) >= 11 is 12.5. The second-order valence-corrected chi connectivity index (χ2v) is 6.08. The molecule has 0 aliphatic carbocycles. The van der Waals surface area contributed by atoms with Gasteiger partial charge < -0.3 is 9.52 Å². The van der Waals surface area contributed by atoms with E-state index in [0.29, 0.717) is 28.8 Å². The molecule has 1 aromatic heterocycles. The van der Waals surface area contributed by atoms with Crippen LogP contribution < -0.4 is 0 Å². The van der Waals surface area contributed by atoms with Gasteiger partial charge in [-0.3, -0.25) is 9.69 Å². The third kappa shape index (κ3) is 2.74. The van der Waals surface area contributed by atoms with Gasteiger partial charge in [0.15, 0.2) is 0 Å². The van der Waals surface area contributed by atoms with Crippen LogP contribution in [0.2, 0.25) is 10.0 Å². The number of aliphatic carboxylic acids is 1. The second kappa shape index (κ2) is 6.32. The predicted molar refractivity (Wildman–Crippen MR) is 84.4 cm³/mol. The molecule has 0 radical (unpaired) electrons. The Balaban J connectivity index is 2.09. The Morgan fingerprint density at radius 3 is 2.82 bits per heavy atom. The number of hydrogen-bond donors (Lipinski definition) is 1. The molecule has 4 nitrogen and oxygen atoms in total. The second-order valence-electron chi connectivity index (χ2n) is 5.30. The molecule has 2 aromatic rings. The van der Waals surface area contributed by atoms with Crippen molar-refractivity contribution in [1.29, 1.82) is 0 Å². The molecule has 3 rings (SSSR count). The number of carbonyl (C=O) groups is 1. The Kier molecular flexibility index (Phi) is 4.43. The maximum absolute atomic E-state index is 11.5. The van der Waals surface area contributed by atoms with Gasteiger partial charge in [-0.25, -0.2) is 0 Å². The van der Waals surface area contributed by atoms with Crippen molar-refractivity contribution in [2.75, 3.05) is 6.54 Å². The molecule has 1 aliphatic heterocycles. The molecule has 6 heteroatoms. The molecule has 1 saturated heterocycles. The molecule has 2 atom stereocenters. The topological polar surface area (TPSA) is 53.7 Å². The van der Waals surface area contributed by atoms with Crippen molar-refractivity contribution in [3.63, 3.8) is 0 Å². The van der Waals surface area contributed by atoms with Gasteiger partial charge in [0.1, 0.15) is 11.8 Å². The third-order valence-electron chi connectivity index (χ3n) is 4.00. The van der Waals surface area contributed by atoms with Crippen LogP contribution in [0.4, 0.5) is 0 Å². The van der Waals surface area contributed by atoms with Gasteiger partial charge >= 0.3 is 5.97 Å². The van der Waals surface area contributed by atoms with E-state index in [1.165, 1.54) is 0 Å². The summed E-state index contributed by atoms with van der Waals surface area (Å²) in [6.07, 6.45) is 3.02. The number of likely N-dealkylation sites (tertiary alicyclic amines) is 1. The molecule has 1 aromatic carbocycles. The van der Waals surface area contributed by atoms with Gasteiger partial charge in [0.2, 0.25) is 0 Å². The minimum atomic E-state index is -0.827. The summed E-state index contributed by atoms with van der Waals surface area (Å²) in [5.41, 5.74) is 0.761. The van der Waals surface area contributed by atoms with E-state index in [1.807, 2.05) is 23.1 Å². The van der Waals surface area contributed by atoms with E-state index in [-0.39, 0.29) is 6.04 Å². The van der Waals surface area contributed by atoms with E-state index in [2.05, 4.69) is 0 Å². The van der Waals surface area contributed by atoms with Gasteiger partial charge in [0.05, 0.1) is 22.4 Å². The van der Waals surface area contributed by atoms with E-state index < -0.39 is 12.0 Å². The van der Waals surface area contributed by atoms with Crippen LogP contribution in [0, 0.1) is 0 Å². The number of carboxylic acids is 1. The average Bonchev–Trinajstić information content (AvgIpc) is 3.15. The molecule has 1 N–H and O–H groups in total. The molecule has 2 unspecified atom stereocenters. The molecule has 0 bridgehead atoms. The first-order valence-corrected chi connectivity index (χ1v) is 7.81. The van der Waals surface area contributed by atoms with Crippen molar-refractivity contribution in [3.05, 3.63) is 58.0 Å². The minimum absolute atomic E-state index is 0.357. The van der Waals surface area contributed by atoms with Gasteiger partial charge in [-0.1, -0.05) is 35.3 Å². The van der Waals surface area contributed by atoms with Gasteiger partial charge in [0, 0.05) is 6.54 Å². The van der Waals surface area contributed by atoms with Crippen LogP contribution in [0.3, 0.4) is 0 Å². The van der Waals surface area contributed by atoms with Crippen LogP contribution in [0.1, 0.15) is 30.2 Å². The average molecular weight is 340 g/mol. The number of rotatable bonds is 4. The fourth-order valence-corrected chi connectivity index (χ4v) is 3.45. The maximum Gasteiger partial charge on any atom is 0.320 e. The Labute approximate surface area is 138 Å². The quantitative estimate of drug-likeness (QED) is 0.905. The predicted octanol–water partition coefficient (Wildman–Crippen LogP) is 4.22. The SMILES string of the molecule is O=C(O)C1CCCN1C(c1ccco1)c1cccc(Cl)c1Cl. The van der Waals surface area contributed by atoms with E-state index >= 15 is 0 Å². The number of furan rings is 1.